The van der Waals surface area contributed by atoms with Gasteiger partial charge in [0, 0.05) is 11.5 Å². The Morgan fingerprint density at radius 3 is 2.56 bits per heavy atom. The Labute approximate surface area is 93.6 Å². The zero-order valence-electron chi connectivity index (χ0n) is 8.06. The van der Waals surface area contributed by atoms with Crippen molar-refractivity contribution in [1.29, 1.82) is 0 Å². The van der Waals surface area contributed by atoms with Crippen molar-refractivity contribution in [2.45, 2.75) is 6.18 Å². The third kappa shape index (κ3) is 1.71. The van der Waals surface area contributed by atoms with Crippen LogP contribution in [0, 0.1) is 0 Å². The molecule has 86 valence electrons. The monoisotopic (exact) mass is 250 g/mol. The molecule has 0 unspecified atom stereocenters. The van der Waals surface area contributed by atoms with E-state index in [9.17, 15) is 13.2 Å². The Morgan fingerprint density at radius 2 is 2.00 bits per heavy atom. The lowest BCUT2D eigenvalue weighted by Gasteiger charge is -2.05. The van der Waals surface area contributed by atoms with Crippen molar-refractivity contribution >= 4 is 22.6 Å². The first-order valence-corrected chi connectivity index (χ1v) is 4.63. The lowest BCUT2D eigenvalue weighted by Crippen LogP contribution is -2.03. The van der Waals surface area contributed by atoms with Crippen molar-refractivity contribution in [3.05, 3.63) is 29.0 Å². The number of alkyl halides is 3. The molecule has 6 heteroatoms. The van der Waals surface area contributed by atoms with Crippen LogP contribution < -0.4 is 4.74 Å². The summed E-state index contributed by atoms with van der Waals surface area (Å²) in [6, 6.07) is 2.51. The highest BCUT2D eigenvalue weighted by atomic mass is 35.5. The van der Waals surface area contributed by atoms with Gasteiger partial charge in [-0.15, -0.1) is 0 Å². The molecule has 1 heterocycles. The second-order valence-electron chi connectivity index (χ2n) is 3.13. The molecule has 0 aliphatic carbocycles. The Kier molecular flexibility index (Phi) is 2.50. The van der Waals surface area contributed by atoms with Gasteiger partial charge in [-0.2, -0.15) is 13.2 Å². The maximum atomic E-state index is 12.5. The molecule has 0 radical (unpaired) electrons. The number of benzene rings is 1. The predicted molar refractivity (Wildman–Crippen MR) is 52.8 cm³/mol. The largest absolute Gasteiger partial charge is 0.495 e. The van der Waals surface area contributed by atoms with Crippen LogP contribution >= 0.6 is 11.6 Å². The van der Waals surface area contributed by atoms with Crippen molar-refractivity contribution in [2.75, 3.05) is 7.11 Å². The number of methoxy groups -OCH3 is 1. The molecule has 0 amide bonds. The minimum absolute atomic E-state index is 0.0710. The average molecular weight is 251 g/mol. The van der Waals surface area contributed by atoms with E-state index in [0.29, 0.717) is 6.26 Å². The van der Waals surface area contributed by atoms with Crippen molar-refractivity contribution in [3.63, 3.8) is 0 Å². The number of halogens is 4. The normalized spacial score (nSPS) is 12.1. The highest BCUT2D eigenvalue weighted by Crippen LogP contribution is 2.39. The van der Waals surface area contributed by atoms with E-state index < -0.39 is 11.7 Å². The van der Waals surface area contributed by atoms with Gasteiger partial charge < -0.3 is 9.15 Å². The summed E-state index contributed by atoms with van der Waals surface area (Å²) in [5, 5.41) is 0.0419. The number of ether oxygens (including phenoxy) is 1. The lowest BCUT2D eigenvalue weighted by atomic mass is 10.1. The Bertz CT molecular complexity index is 531. The van der Waals surface area contributed by atoms with Gasteiger partial charge in [0.15, 0.2) is 0 Å². The molecule has 0 atom stereocenters. The topological polar surface area (TPSA) is 22.4 Å². The Balaban J connectivity index is 2.70. The third-order valence-electron chi connectivity index (χ3n) is 2.15. The van der Waals surface area contributed by atoms with Crippen LogP contribution in [0.25, 0.3) is 11.0 Å². The summed E-state index contributed by atoms with van der Waals surface area (Å²) in [4.78, 5) is 0. The van der Waals surface area contributed by atoms with Crippen LogP contribution in [-0.2, 0) is 6.18 Å². The van der Waals surface area contributed by atoms with Gasteiger partial charge in [-0.05, 0) is 6.07 Å². The Morgan fingerprint density at radius 1 is 1.31 bits per heavy atom. The van der Waals surface area contributed by atoms with E-state index in [0.717, 1.165) is 0 Å². The second kappa shape index (κ2) is 3.59. The molecule has 2 nitrogen and oxygen atoms in total. The van der Waals surface area contributed by atoms with Crippen LogP contribution in [-0.4, -0.2) is 7.11 Å². The van der Waals surface area contributed by atoms with Gasteiger partial charge in [0.25, 0.3) is 0 Å². The van der Waals surface area contributed by atoms with Gasteiger partial charge in [-0.25, -0.2) is 0 Å². The van der Waals surface area contributed by atoms with Crippen molar-refractivity contribution in [3.8, 4) is 5.75 Å². The minimum Gasteiger partial charge on any atom is -0.495 e. The number of furan rings is 1. The van der Waals surface area contributed by atoms with E-state index in [1.807, 2.05) is 0 Å². The molecule has 0 fully saturated rings. The molecular formula is C10H6ClF3O2. The molecule has 2 aromatic rings. The van der Waals surface area contributed by atoms with Crippen molar-refractivity contribution < 1.29 is 22.3 Å². The molecule has 0 saturated heterocycles. The molecular weight excluding hydrogens is 245 g/mol. The summed E-state index contributed by atoms with van der Waals surface area (Å²) in [7, 11) is 1.38. The van der Waals surface area contributed by atoms with Crippen LogP contribution in [0.1, 0.15) is 5.56 Å². The summed E-state index contributed by atoms with van der Waals surface area (Å²) in [5.41, 5.74) is -0.749. The highest BCUT2D eigenvalue weighted by molar-refractivity contribution is 6.32. The highest BCUT2D eigenvalue weighted by Gasteiger charge is 2.34. The maximum absolute atomic E-state index is 12.5. The Hall–Kier alpha value is -1.36. The molecule has 1 aromatic heterocycles. The summed E-state index contributed by atoms with van der Waals surface area (Å²) < 4.78 is 47.3. The number of hydrogen-bond acceptors (Lipinski definition) is 2. The van der Waals surface area contributed by atoms with Crippen LogP contribution in [0.15, 0.2) is 22.8 Å². The van der Waals surface area contributed by atoms with Crippen LogP contribution in [0.5, 0.6) is 5.75 Å². The fraction of sp³-hybridized carbons (Fsp3) is 0.200. The standard InChI is InChI=1S/C10H6ClF3O2/c1-15-9-3-8-5(2-7(9)11)6(4-16-8)10(12,13)14/h2-4H,1H3. The van der Waals surface area contributed by atoms with Crippen LogP contribution in [0.2, 0.25) is 5.02 Å². The van der Waals surface area contributed by atoms with Gasteiger partial charge in [0.05, 0.1) is 12.1 Å². The van der Waals surface area contributed by atoms with E-state index in [4.69, 9.17) is 20.8 Å². The molecule has 1 aromatic carbocycles. The van der Waals surface area contributed by atoms with E-state index in [2.05, 4.69) is 0 Å². The van der Waals surface area contributed by atoms with E-state index in [-0.39, 0.29) is 21.7 Å². The zero-order chi connectivity index (χ0) is 11.9. The first kappa shape index (κ1) is 11.1. The van der Waals surface area contributed by atoms with Gasteiger partial charge in [0.2, 0.25) is 0 Å². The van der Waals surface area contributed by atoms with Crippen LogP contribution in [0.3, 0.4) is 0 Å². The SMILES string of the molecule is COc1cc2occ(C(F)(F)F)c2cc1Cl. The summed E-state index contributed by atoms with van der Waals surface area (Å²) in [6.07, 6.45) is -3.79. The molecule has 0 saturated carbocycles. The van der Waals surface area contributed by atoms with E-state index in [1.165, 1.54) is 19.2 Å². The molecule has 0 bridgehead atoms. The zero-order valence-corrected chi connectivity index (χ0v) is 8.82. The molecule has 0 spiro atoms. The number of rotatable bonds is 1. The maximum Gasteiger partial charge on any atom is 0.420 e. The van der Waals surface area contributed by atoms with E-state index >= 15 is 0 Å². The quantitative estimate of drug-likeness (QED) is 0.760. The van der Waals surface area contributed by atoms with E-state index in [1.54, 1.807) is 0 Å². The average Bonchev–Trinajstić information content (AvgIpc) is 2.58. The first-order chi connectivity index (χ1) is 7.43. The molecule has 16 heavy (non-hydrogen) atoms. The van der Waals surface area contributed by atoms with Crippen molar-refractivity contribution in [2.24, 2.45) is 0 Å². The summed E-state index contributed by atoms with van der Waals surface area (Å²) in [6.45, 7) is 0. The first-order valence-electron chi connectivity index (χ1n) is 4.25. The second-order valence-corrected chi connectivity index (χ2v) is 3.54. The number of hydrogen-bond donors (Lipinski definition) is 0. The predicted octanol–water partition coefficient (Wildman–Crippen LogP) is 4.11. The van der Waals surface area contributed by atoms with Gasteiger partial charge >= 0.3 is 6.18 Å². The molecule has 0 aliphatic heterocycles. The lowest BCUT2D eigenvalue weighted by molar-refractivity contribution is -0.136. The van der Waals surface area contributed by atoms with Gasteiger partial charge in [-0.3, -0.25) is 0 Å². The molecule has 2 rings (SSSR count). The minimum atomic E-state index is -4.46. The van der Waals surface area contributed by atoms with Crippen molar-refractivity contribution in [1.82, 2.24) is 0 Å². The summed E-state index contributed by atoms with van der Waals surface area (Å²) >= 11 is 5.75. The third-order valence-corrected chi connectivity index (χ3v) is 2.45. The smallest absolute Gasteiger partial charge is 0.420 e. The summed E-state index contributed by atoms with van der Waals surface area (Å²) in [5.74, 6) is 0.275. The number of fused-ring (bicyclic) bond motifs is 1. The molecule has 0 aliphatic rings. The fourth-order valence-corrected chi connectivity index (χ4v) is 1.65. The van der Waals surface area contributed by atoms with Gasteiger partial charge in [0.1, 0.15) is 23.2 Å². The molecule has 0 N–H and O–H groups in total. The fourth-order valence-electron chi connectivity index (χ4n) is 1.40. The van der Waals surface area contributed by atoms with Gasteiger partial charge in [-0.1, -0.05) is 11.6 Å². The van der Waals surface area contributed by atoms with Crippen LogP contribution in [0.4, 0.5) is 13.2 Å².